The van der Waals surface area contributed by atoms with Gasteiger partial charge in [-0.05, 0) is 19.8 Å². The molecule has 78 valence electrons. The fraction of sp³-hybridized carbons (Fsp3) is 0.700. The van der Waals surface area contributed by atoms with Crippen molar-refractivity contribution in [2.75, 3.05) is 13.2 Å². The van der Waals surface area contributed by atoms with E-state index in [1.807, 2.05) is 17.8 Å². The Balaban J connectivity index is 2.07. The number of hydrogen-bond donors (Lipinski definition) is 1. The van der Waals surface area contributed by atoms with Crippen LogP contribution in [0.1, 0.15) is 37.4 Å². The van der Waals surface area contributed by atoms with Gasteiger partial charge in [-0.3, -0.25) is 4.68 Å². The minimum Gasteiger partial charge on any atom is -0.381 e. The fourth-order valence-electron chi connectivity index (χ4n) is 1.74. The minimum atomic E-state index is 0.0728. The third-order valence-electron chi connectivity index (χ3n) is 2.71. The lowest BCUT2D eigenvalue weighted by molar-refractivity contribution is 0.0662. The van der Waals surface area contributed by atoms with Gasteiger partial charge >= 0.3 is 0 Å². The van der Waals surface area contributed by atoms with Gasteiger partial charge in [0.25, 0.3) is 0 Å². The summed E-state index contributed by atoms with van der Waals surface area (Å²) in [4.78, 5) is 0. The molecule has 0 bridgehead atoms. The number of hydrogen-bond acceptors (Lipinski definition) is 3. The zero-order valence-corrected chi connectivity index (χ0v) is 8.52. The Labute approximate surface area is 84.0 Å². The number of nitrogens with zero attached hydrogens (tertiary/aromatic N) is 2. The summed E-state index contributed by atoms with van der Waals surface area (Å²) >= 11 is 0. The standard InChI is InChI=1S/C10H17N3O/c1-8(11)9-6-12-13(7-9)10-2-4-14-5-3-10/h6-8,10H,2-5,11H2,1H3/t8-/m0/s1. The van der Waals surface area contributed by atoms with Crippen LogP contribution < -0.4 is 5.73 Å². The third-order valence-corrected chi connectivity index (χ3v) is 2.71. The normalized spacial score (nSPS) is 21.0. The van der Waals surface area contributed by atoms with Gasteiger partial charge in [-0.1, -0.05) is 0 Å². The average Bonchev–Trinajstić information content (AvgIpc) is 2.68. The van der Waals surface area contributed by atoms with Crippen molar-refractivity contribution in [2.24, 2.45) is 5.73 Å². The molecule has 1 aliphatic heterocycles. The molecule has 1 aliphatic rings. The molecule has 0 aromatic carbocycles. The Hall–Kier alpha value is -0.870. The van der Waals surface area contributed by atoms with Gasteiger partial charge in [0.1, 0.15) is 0 Å². The zero-order chi connectivity index (χ0) is 9.97. The summed E-state index contributed by atoms with van der Waals surface area (Å²) in [5.74, 6) is 0. The van der Waals surface area contributed by atoms with Crippen molar-refractivity contribution in [3.8, 4) is 0 Å². The van der Waals surface area contributed by atoms with Gasteiger partial charge in [0.2, 0.25) is 0 Å². The van der Waals surface area contributed by atoms with Gasteiger partial charge in [0.15, 0.2) is 0 Å². The van der Waals surface area contributed by atoms with E-state index in [-0.39, 0.29) is 6.04 Å². The molecule has 1 atom stereocenters. The van der Waals surface area contributed by atoms with Gasteiger partial charge < -0.3 is 10.5 Å². The molecular formula is C10H17N3O. The molecule has 0 aliphatic carbocycles. The molecule has 0 amide bonds. The monoisotopic (exact) mass is 195 g/mol. The number of nitrogens with two attached hydrogens (primary N) is 1. The minimum absolute atomic E-state index is 0.0728. The van der Waals surface area contributed by atoms with Gasteiger partial charge in [-0.15, -0.1) is 0 Å². The van der Waals surface area contributed by atoms with Gasteiger partial charge in [0.05, 0.1) is 12.2 Å². The molecular weight excluding hydrogens is 178 g/mol. The topological polar surface area (TPSA) is 53.1 Å². The molecule has 0 spiro atoms. The van der Waals surface area contributed by atoms with Crippen LogP contribution in [0, 0.1) is 0 Å². The average molecular weight is 195 g/mol. The van der Waals surface area contributed by atoms with Crippen LogP contribution in [0.2, 0.25) is 0 Å². The van der Waals surface area contributed by atoms with Crippen molar-refractivity contribution in [3.63, 3.8) is 0 Å². The molecule has 1 fully saturated rings. The molecule has 4 heteroatoms. The SMILES string of the molecule is C[C@H](N)c1cnn(C2CCOCC2)c1. The second-order valence-electron chi connectivity index (χ2n) is 3.89. The van der Waals surface area contributed by atoms with Crippen LogP contribution in [0.4, 0.5) is 0 Å². The van der Waals surface area contributed by atoms with Crippen LogP contribution in [-0.2, 0) is 4.74 Å². The molecule has 1 aromatic rings. The van der Waals surface area contributed by atoms with E-state index >= 15 is 0 Å². The van der Waals surface area contributed by atoms with Gasteiger partial charge in [-0.25, -0.2) is 0 Å². The first kappa shape index (κ1) is 9.68. The summed E-state index contributed by atoms with van der Waals surface area (Å²) in [5, 5.41) is 4.34. The Kier molecular flexibility index (Phi) is 2.84. The van der Waals surface area contributed by atoms with Gasteiger partial charge in [0, 0.05) is 31.0 Å². The van der Waals surface area contributed by atoms with E-state index in [4.69, 9.17) is 10.5 Å². The lowest BCUT2D eigenvalue weighted by atomic mass is 10.1. The maximum absolute atomic E-state index is 5.78. The highest BCUT2D eigenvalue weighted by Crippen LogP contribution is 2.21. The van der Waals surface area contributed by atoms with E-state index in [9.17, 15) is 0 Å². The van der Waals surface area contributed by atoms with Crippen LogP contribution in [0.25, 0.3) is 0 Å². The van der Waals surface area contributed by atoms with Gasteiger partial charge in [-0.2, -0.15) is 5.10 Å². The molecule has 2 rings (SSSR count). The van der Waals surface area contributed by atoms with Crippen LogP contribution in [-0.4, -0.2) is 23.0 Å². The lowest BCUT2D eigenvalue weighted by Gasteiger charge is -2.22. The predicted octanol–water partition coefficient (Wildman–Crippen LogP) is 1.25. The molecule has 2 N–H and O–H groups in total. The van der Waals surface area contributed by atoms with Crippen molar-refractivity contribution in [1.29, 1.82) is 0 Å². The summed E-state index contributed by atoms with van der Waals surface area (Å²) in [6.07, 6.45) is 6.03. The van der Waals surface area contributed by atoms with Crippen molar-refractivity contribution in [3.05, 3.63) is 18.0 Å². The van der Waals surface area contributed by atoms with Crippen LogP contribution in [0.15, 0.2) is 12.4 Å². The molecule has 4 nitrogen and oxygen atoms in total. The third kappa shape index (κ3) is 1.96. The van der Waals surface area contributed by atoms with Crippen molar-refractivity contribution < 1.29 is 4.74 Å². The summed E-state index contributed by atoms with van der Waals surface area (Å²) in [6.45, 7) is 3.67. The Morgan fingerprint density at radius 1 is 1.57 bits per heavy atom. The first-order valence-corrected chi connectivity index (χ1v) is 5.15. The van der Waals surface area contributed by atoms with E-state index in [2.05, 4.69) is 11.3 Å². The zero-order valence-electron chi connectivity index (χ0n) is 8.52. The summed E-state index contributed by atoms with van der Waals surface area (Å²) in [6, 6.07) is 0.569. The summed E-state index contributed by atoms with van der Waals surface area (Å²) in [7, 11) is 0. The van der Waals surface area contributed by atoms with E-state index in [0.29, 0.717) is 6.04 Å². The van der Waals surface area contributed by atoms with Crippen molar-refractivity contribution >= 4 is 0 Å². The van der Waals surface area contributed by atoms with E-state index in [0.717, 1.165) is 31.6 Å². The number of rotatable bonds is 2. The first-order valence-electron chi connectivity index (χ1n) is 5.15. The second-order valence-corrected chi connectivity index (χ2v) is 3.89. The van der Waals surface area contributed by atoms with E-state index in [1.54, 1.807) is 0 Å². The smallest absolute Gasteiger partial charge is 0.0563 e. The highest BCUT2D eigenvalue weighted by Gasteiger charge is 2.16. The molecule has 0 saturated carbocycles. The molecule has 1 aromatic heterocycles. The molecule has 1 saturated heterocycles. The van der Waals surface area contributed by atoms with Crippen LogP contribution in [0.3, 0.4) is 0 Å². The van der Waals surface area contributed by atoms with Crippen molar-refractivity contribution in [1.82, 2.24) is 9.78 Å². The number of ether oxygens (including phenoxy) is 1. The second kappa shape index (κ2) is 4.11. The Bertz CT molecular complexity index is 289. The van der Waals surface area contributed by atoms with E-state index < -0.39 is 0 Å². The van der Waals surface area contributed by atoms with Crippen molar-refractivity contribution in [2.45, 2.75) is 31.8 Å². The van der Waals surface area contributed by atoms with E-state index in [1.165, 1.54) is 0 Å². The molecule has 2 heterocycles. The Morgan fingerprint density at radius 3 is 2.86 bits per heavy atom. The predicted molar refractivity (Wildman–Crippen MR) is 53.9 cm³/mol. The Morgan fingerprint density at radius 2 is 2.29 bits per heavy atom. The number of aromatic nitrogens is 2. The quantitative estimate of drug-likeness (QED) is 0.772. The maximum atomic E-state index is 5.78. The first-order chi connectivity index (χ1) is 6.77. The largest absolute Gasteiger partial charge is 0.381 e. The van der Waals surface area contributed by atoms with Crippen LogP contribution >= 0.6 is 0 Å². The van der Waals surface area contributed by atoms with Crippen LogP contribution in [0.5, 0.6) is 0 Å². The lowest BCUT2D eigenvalue weighted by Crippen LogP contribution is -2.19. The highest BCUT2D eigenvalue weighted by molar-refractivity contribution is 5.08. The molecule has 0 radical (unpaired) electrons. The summed E-state index contributed by atoms with van der Waals surface area (Å²) < 4.78 is 7.34. The highest BCUT2D eigenvalue weighted by atomic mass is 16.5. The summed E-state index contributed by atoms with van der Waals surface area (Å²) in [5.41, 5.74) is 6.89. The fourth-order valence-corrected chi connectivity index (χ4v) is 1.74. The molecule has 14 heavy (non-hydrogen) atoms. The maximum Gasteiger partial charge on any atom is 0.0563 e. The molecule has 0 unspecified atom stereocenters.